The van der Waals surface area contributed by atoms with Gasteiger partial charge in [-0.2, -0.15) is 0 Å². The van der Waals surface area contributed by atoms with Gasteiger partial charge in [0.25, 0.3) is 0 Å². The van der Waals surface area contributed by atoms with Crippen molar-refractivity contribution in [2.24, 2.45) is 11.8 Å². The van der Waals surface area contributed by atoms with Crippen LogP contribution in [0.5, 0.6) is 0 Å². The van der Waals surface area contributed by atoms with Gasteiger partial charge in [0.05, 0.1) is 0 Å². The Morgan fingerprint density at radius 3 is 2.71 bits per heavy atom. The maximum absolute atomic E-state index is 11.5. The first-order chi connectivity index (χ1) is 6.75. The lowest BCUT2D eigenvalue weighted by molar-refractivity contribution is 0.417. The van der Waals surface area contributed by atoms with E-state index in [1.165, 1.54) is 6.42 Å². The van der Waals surface area contributed by atoms with Gasteiger partial charge in [-0.3, -0.25) is 9.67 Å². The minimum absolute atomic E-state index is 0.110. The molecule has 1 saturated carbocycles. The topological polar surface area (TPSA) is 53.6 Å². The summed E-state index contributed by atoms with van der Waals surface area (Å²) in [6, 6.07) is 0.271. The normalized spacial score (nSPS) is 34.1. The molecule has 0 aliphatic heterocycles. The Bertz CT molecular complexity index is 467. The summed E-state index contributed by atoms with van der Waals surface area (Å²) in [4.78, 5) is 11.5. The molecule has 1 fully saturated rings. The van der Waals surface area contributed by atoms with E-state index in [-0.39, 0.29) is 11.7 Å². The Kier molecular flexibility index (Phi) is 1.58. The minimum atomic E-state index is -0.110. The van der Waals surface area contributed by atoms with Gasteiger partial charge in [-0.25, -0.2) is 9.89 Å². The summed E-state index contributed by atoms with van der Waals surface area (Å²) < 4.78 is 2.20. The van der Waals surface area contributed by atoms with Crippen molar-refractivity contribution in [1.82, 2.24) is 14.8 Å². The van der Waals surface area contributed by atoms with Gasteiger partial charge < -0.3 is 0 Å². The van der Waals surface area contributed by atoms with Crippen LogP contribution in [0.15, 0.2) is 16.9 Å². The summed E-state index contributed by atoms with van der Waals surface area (Å²) in [5.41, 5.74) is -0.110. The molecule has 2 aliphatic rings. The number of nitrogens with one attached hydrogen (secondary N) is 2. The minimum Gasteiger partial charge on any atom is -0.272 e. The second-order valence-electron chi connectivity index (χ2n) is 4.08. The fourth-order valence-electron chi connectivity index (χ4n) is 2.67. The third-order valence-electron chi connectivity index (χ3n) is 3.29. The number of rotatable bonds is 1. The molecule has 4 nitrogen and oxygen atoms in total. The van der Waals surface area contributed by atoms with Gasteiger partial charge in [-0.05, 0) is 36.9 Å². The predicted molar refractivity (Wildman–Crippen MR) is 54.6 cm³/mol. The number of aromatic amines is 2. The highest BCUT2D eigenvalue weighted by Crippen LogP contribution is 2.45. The zero-order valence-corrected chi connectivity index (χ0v) is 8.38. The summed E-state index contributed by atoms with van der Waals surface area (Å²) >= 11 is 5.08. The molecule has 5 heteroatoms. The fourth-order valence-corrected chi connectivity index (χ4v) is 2.94. The van der Waals surface area contributed by atoms with Gasteiger partial charge in [0.2, 0.25) is 0 Å². The smallest absolute Gasteiger partial charge is 0.272 e. The summed E-state index contributed by atoms with van der Waals surface area (Å²) in [6.45, 7) is 0. The summed E-state index contributed by atoms with van der Waals surface area (Å²) in [7, 11) is 0. The standard InChI is InChI=1S/C9H11N3OS/c13-8-10-11-9(14)12(8)7-4-5-1-2-6(7)3-5/h1-2,5-7H,3-4H2,(H,10,13)(H,11,14)/t5-,6-,7+/m0/s1. The van der Waals surface area contributed by atoms with Crippen molar-refractivity contribution in [3.05, 3.63) is 27.4 Å². The number of fused-ring (bicyclic) bond motifs is 2. The zero-order chi connectivity index (χ0) is 9.71. The molecule has 1 aromatic heterocycles. The first kappa shape index (κ1) is 8.23. The summed E-state index contributed by atoms with van der Waals surface area (Å²) in [5, 5.41) is 5.22. The third-order valence-corrected chi connectivity index (χ3v) is 3.59. The van der Waals surface area contributed by atoms with Crippen molar-refractivity contribution >= 4 is 12.2 Å². The molecular formula is C9H11N3OS. The number of H-pyrrole nitrogens is 2. The molecule has 2 bridgehead atoms. The molecule has 0 radical (unpaired) electrons. The Morgan fingerprint density at radius 2 is 2.21 bits per heavy atom. The lowest BCUT2D eigenvalue weighted by Crippen LogP contribution is -2.25. The highest BCUT2D eigenvalue weighted by atomic mass is 32.1. The average molecular weight is 209 g/mol. The monoisotopic (exact) mass is 209 g/mol. The molecule has 0 aromatic carbocycles. The van der Waals surface area contributed by atoms with Crippen LogP contribution in [0.3, 0.4) is 0 Å². The van der Waals surface area contributed by atoms with E-state index < -0.39 is 0 Å². The van der Waals surface area contributed by atoms with Crippen molar-refractivity contribution in [2.75, 3.05) is 0 Å². The van der Waals surface area contributed by atoms with Crippen molar-refractivity contribution in [2.45, 2.75) is 18.9 Å². The van der Waals surface area contributed by atoms with Gasteiger partial charge >= 0.3 is 5.69 Å². The number of allylic oxidation sites excluding steroid dienone is 2. The molecule has 0 amide bonds. The van der Waals surface area contributed by atoms with Crippen molar-refractivity contribution in [3.63, 3.8) is 0 Å². The van der Waals surface area contributed by atoms with E-state index in [9.17, 15) is 4.79 Å². The van der Waals surface area contributed by atoms with E-state index in [1.807, 2.05) is 0 Å². The molecule has 2 N–H and O–H groups in total. The molecule has 3 rings (SSSR count). The number of nitrogens with zero attached hydrogens (tertiary/aromatic N) is 1. The first-order valence-corrected chi connectivity index (χ1v) is 5.24. The predicted octanol–water partition coefficient (Wildman–Crippen LogP) is 1.37. The molecule has 0 saturated heterocycles. The van der Waals surface area contributed by atoms with Gasteiger partial charge in [-0.15, -0.1) is 0 Å². The van der Waals surface area contributed by atoms with Gasteiger partial charge in [0.1, 0.15) is 0 Å². The lowest BCUT2D eigenvalue weighted by Gasteiger charge is -2.17. The van der Waals surface area contributed by atoms with Crippen LogP contribution in [0.2, 0.25) is 0 Å². The second-order valence-corrected chi connectivity index (χ2v) is 4.46. The van der Waals surface area contributed by atoms with Crippen LogP contribution in [0.4, 0.5) is 0 Å². The Balaban J connectivity index is 2.09. The van der Waals surface area contributed by atoms with Gasteiger partial charge in [-0.1, -0.05) is 12.2 Å². The Hall–Kier alpha value is -1.10. The third kappa shape index (κ3) is 0.987. The molecule has 0 spiro atoms. The molecule has 14 heavy (non-hydrogen) atoms. The highest BCUT2D eigenvalue weighted by molar-refractivity contribution is 7.71. The number of hydrogen-bond donors (Lipinski definition) is 2. The van der Waals surface area contributed by atoms with Crippen molar-refractivity contribution in [1.29, 1.82) is 0 Å². The van der Waals surface area contributed by atoms with Gasteiger partial charge in [0, 0.05) is 6.04 Å². The van der Waals surface area contributed by atoms with Crippen molar-refractivity contribution in [3.8, 4) is 0 Å². The zero-order valence-electron chi connectivity index (χ0n) is 7.56. The maximum atomic E-state index is 11.5. The SMILES string of the molecule is O=c1[nH][nH]c(=S)n1[C@@H]1C[C@H]2C=C[C@H]1C2. The van der Waals surface area contributed by atoms with Crippen LogP contribution in [0.25, 0.3) is 0 Å². The molecular weight excluding hydrogens is 198 g/mol. The van der Waals surface area contributed by atoms with Crippen LogP contribution >= 0.6 is 12.2 Å². The van der Waals surface area contributed by atoms with Crippen LogP contribution in [0.1, 0.15) is 18.9 Å². The van der Waals surface area contributed by atoms with E-state index >= 15 is 0 Å². The van der Waals surface area contributed by atoms with Crippen LogP contribution in [-0.2, 0) is 0 Å². The van der Waals surface area contributed by atoms with E-state index in [2.05, 4.69) is 22.3 Å². The van der Waals surface area contributed by atoms with E-state index in [1.54, 1.807) is 4.57 Å². The number of hydrogen-bond acceptors (Lipinski definition) is 2. The van der Waals surface area contributed by atoms with Crippen LogP contribution in [0, 0.1) is 16.6 Å². The Morgan fingerprint density at radius 1 is 1.36 bits per heavy atom. The maximum Gasteiger partial charge on any atom is 0.342 e. The summed E-state index contributed by atoms with van der Waals surface area (Å²) in [5.74, 6) is 1.16. The molecule has 1 heterocycles. The fraction of sp³-hybridized carbons (Fsp3) is 0.556. The quantitative estimate of drug-likeness (QED) is 0.542. The lowest BCUT2D eigenvalue weighted by atomic mass is 10.0. The molecule has 0 unspecified atom stereocenters. The largest absolute Gasteiger partial charge is 0.342 e. The second kappa shape index (κ2) is 2.70. The van der Waals surface area contributed by atoms with Crippen LogP contribution in [-0.4, -0.2) is 14.8 Å². The number of aromatic nitrogens is 3. The molecule has 74 valence electrons. The van der Waals surface area contributed by atoms with Crippen molar-refractivity contribution < 1.29 is 0 Å². The highest BCUT2D eigenvalue weighted by Gasteiger charge is 2.37. The Labute approximate surface area is 85.6 Å². The molecule has 2 aliphatic carbocycles. The van der Waals surface area contributed by atoms with E-state index in [0.717, 1.165) is 6.42 Å². The first-order valence-electron chi connectivity index (χ1n) is 4.83. The molecule has 1 aromatic rings. The van der Waals surface area contributed by atoms with E-state index in [0.29, 0.717) is 16.6 Å². The average Bonchev–Trinajstić information content (AvgIpc) is 2.81. The summed E-state index contributed by atoms with van der Waals surface area (Å²) in [6.07, 6.45) is 6.70. The molecule has 3 atom stereocenters. The van der Waals surface area contributed by atoms with E-state index in [4.69, 9.17) is 12.2 Å². The van der Waals surface area contributed by atoms with Crippen LogP contribution < -0.4 is 5.69 Å². The van der Waals surface area contributed by atoms with Gasteiger partial charge in [0.15, 0.2) is 4.77 Å².